The van der Waals surface area contributed by atoms with Crippen molar-refractivity contribution in [3.63, 3.8) is 0 Å². The molecule has 0 fully saturated rings. The molecule has 0 radical (unpaired) electrons. The van der Waals surface area contributed by atoms with Gasteiger partial charge in [0.2, 0.25) is 0 Å². The summed E-state index contributed by atoms with van der Waals surface area (Å²) >= 11 is 0. The lowest BCUT2D eigenvalue weighted by Gasteiger charge is -2.27. The third-order valence-electron chi connectivity index (χ3n) is 6.19. The van der Waals surface area contributed by atoms with Crippen LogP contribution in [-0.4, -0.2) is 56.6 Å². The average Bonchev–Trinajstić information content (AvgIpc) is 2.86. The minimum absolute atomic E-state index is 0.139. The van der Waals surface area contributed by atoms with E-state index >= 15 is 0 Å². The van der Waals surface area contributed by atoms with Crippen molar-refractivity contribution < 1.29 is 19.4 Å². The molecule has 3 atom stereocenters. The van der Waals surface area contributed by atoms with Crippen LogP contribution in [0.2, 0.25) is 0 Å². The van der Waals surface area contributed by atoms with Crippen molar-refractivity contribution in [1.29, 1.82) is 0 Å². The van der Waals surface area contributed by atoms with Gasteiger partial charge in [-0.1, -0.05) is 56.3 Å². The number of para-hydroxylation sites is 1. The van der Waals surface area contributed by atoms with E-state index in [4.69, 9.17) is 15.2 Å². The second kappa shape index (κ2) is 16.3. The molecule has 194 valence electrons. The van der Waals surface area contributed by atoms with Crippen LogP contribution >= 0.6 is 0 Å². The van der Waals surface area contributed by atoms with E-state index in [1.807, 2.05) is 48.5 Å². The molecular formula is C28H43N3O4. The zero-order chi connectivity index (χ0) is 25.5. The molecule has 0 unspecified atom stereocenters. The normalized spacial score (nSPS) is 13.9. The van der Waals surface area contributed by atoms with E-state index in [1.54, 1.807) is 13.2 Å². The first-order valence-corrected chi connectivity index (χ1v) is 12.6. The fraction of sp³-hybridized carbons (Fsp3) is 0.536. The molecule has 0 bridgehead atoms. The Hall–Kier alpha value is -2.45. The van der Waals surface area contributed by atoms with Gasteiger partial charge in [-0.15, -0.1) is 0 Å². The maximum atomic E-state index is 12.9. The van der Waals surface area contributed by atoms with Crippen LogP contribution in [0.25, 0.3) is 0 Å². The predicted molar refractivity (Wildman–Crippen MR) is 140 cm³/mol. The summed E-state index contributed by atoms with van der Waals surface area (Å²) in [4.78, 5) is 12.9. The van der Waals surface area contributed by atoms with Gasteiger partial charge in [0.15, 0.2) is 0 Å². The van der Waals surface area contributed by atoms with Crippen molar-refractivity contribution in [2.75, 3.05) is 33.4 Å². The molecule has 2 aromatic rings. The molecule has 0 aromatic heterocycles. The predicted octanol–water partition coefficient (Wildman–Crippen LogP) is 3.36. The van der Waals surface area contributed by atoms with E-state index in [0.29, 0.717) is 56.5 Å². The van der Waals surface area contributed by atoms with Crippen LogP contribution in [0.3, 0.4) is 0 Å². The molecule has 0 spiro atoms. The lowest BCUT2D eigenvalue weighted by molar-refractivity contribution is 0.0927. The summed E-state index contributed by atoms with van der Waals surface area (Å²) in [6.45, 7) is 7.04. The molecule has 0 heterocycles. The van der Waals surface area contributed by atoms with Crippen LogP contribution in [0.5, 0.6) is 5.75 Å². The molecule has 5 N–H and O–H groups in total. The van der Waals surface area contributed by atoms with Gasteiger partial charge in [0.05, 0.1) is 18.3 Å². The smallest absolute Gasteiger partial charge is 0.255 e. The highest BCUT2D eigenvalue weighted by Gasteiger charge is 2.23. The Morgan fingerprint density at radius 3 is 2.40 bits per heavy atom. The number of nitrogens with one attached hydrogen (secondary N) is 2. The number of aliphatic hydroxyl groups is 1. The molecule has 2 aromatic carbocycles. The monoisotopic (exact) mass is 485 g/mol. The van der Waals surface area contributed by atoms with Gasteiger partial charge in [-0.2, -0.15) is 0 Å². The standard InChI is InChI=1S/C28H43N3O4/c1-21(2)23(17-25(29)26(32)20-30-18-22-11-5-4-6-12-22)19-31-28(33)24-13-7-8-14-27(24)35-16-10-9-15-34-3/h4-8,11-14,21,23,25-26,30,32H,9-10,15-20,29H2,1-3H3,(H,31,33)/t23-,25+,26+/m1/s1. The highest BCUT2D eigenvalue weighted by atomic mass is 16.5. The van der Waals surface area contributed by atoms with Crippen LogP contribution in [0.1, 0.15) is 49.0 Å². The first-order chi connectivity index (χ1) is 16.9. The summed E-state index contributed by atoms with van der Waals surface area (Å²) in [5.41, 5.74) is 8.02. The number of aliphatic hydroxyl groups excluding tert-OH is 1. The summed E-state index contributed by atoms with van der Waals surface area (Å²) in [5, 5.41) is 16.9. The van der Waals surface area contributed by atoms with Gasteiger partial charge in [-0.3, -0.25) is 4.79 Å². The minimum Gasteiger partial charge on any atom is -0.493 e. The van der Waals surface area contributed by atoms with Crippen LogP contribution in [0.4, 0.5) is 0 Å². The number of amides is 1. The van der Waals surface area contributed by atoms with Gasteiger partial charge < -0.3 is 30.9 Å². The summed E-state index contributed by atoms with van der Waals surface area (Å²) in [5.74, 6) is 0.861. The highest BCUT2D eigenvalue weighted by Crippen LogP contribution is 2.20. The molecule has 0 saturated heterocycles. The van der Waals surface area contributed by atoms with Crippen molar-refractivity contribution in [2.45, 2.75) is 51.8 Å². The maximum Gasteiger partial charge on any atom is 0.255 e. The Labute approximate surface area is 210 Å². The number of hydrogen-bond donors (Lipinski definition) is 4. The lowest BCUT2D eigenvalue weighted by Crippen LogP contribution is -2.44. The highest BCUT2D eigenvalue weighted by molar-refractivity contribution is 5.96. The summed E-state index contributed by atoms with van der Waals surface area (Å²) in [6.07, 6.45) is 1.72. The average molecular weight is 486 g/mol. The number of ether oxygens (including phenoxy) is 2. The van der Waals surface area contributed by atoms with Crippen LogP contribution in [-0.2, 0) is 11.3 Å². The second-order valence-electron chi connectivity index (χ2n) is 9.34. The summed E-state index contributed by atoms with van der Waals surface area (Å²) in [6, 6.07) is 17.0. The Balaban J connectivity index is 1.82. The Kier molecular flexibility index (Phi) is 13.4. The topological polar surface area (TPSA) is 106 Å². The van der Waals surface area contributed by atoms with Crippen molar-refractivity contribution in [1.82, 2.24) is 10.6 Å². The first-order valence-electron chi connectivity index (χ1n) is 12.6. The number of unbranched alkanes of at least 4 members (excludes halogenated alkanes) is 1. The minimum atomic E-state index is -0.664. The van der Waals surface area contributed by atoms with E-state index in [9.17, 15) is 9.90 Å². The zero-order valence-electron chi connectivity index (χ0n) is 21.4. The Morgan fingerprint density at radius 2 is 1.69 bits per heavy atom. The Morgan fingerprint density at radius 1 is 1.00 bits per heavy atom. The third-order valence-corrected chi connectivity index (χ3v) is 6.19. The van der Waals surface area contributed by atoms with Crippen LogP contribution < -0.4 is 21.1 Å². The number of methoxy groups -OCH3 is 1. The molecule has 0 aliphatic carbocycles. The lowest BCUT2D eigenvalue weighted by atomic mass is 9.87. The van der Waals surface area contributed by atoms with Gasteiger partial charge >= 0.3 is 0 Å². The molecular weight excluding hydrogens is 442 g/mol. The number of hydrogen-bond acceptors (Lipinski definition) is 6. The number of rotatable bonds is 17. The maximum absolute atomic E-state index is 12.9. The first kappa shape index (κ1) is 28.8. The summed E-state index contributed by atoms with van der Waals surface area (Å²) < 4.78 is 10.9. The fourth-order valence-electron chi connectivity index (χ4n) is 3.84. The molecule has 0 aliphatic rings. The quantitative estimate of drug-likeness (QED) is 0.256. The van der Waals surface area contributed by atoms with E-state index in [-0.39, 0.29) is 17.9 Å². The number of carbonyl (C=O) groups excluding carboxylic acids is 1. The second-order valence-corrected chi connectivity index (χ2v) is 9.34. The van der Waals surface area contributed by atoms with E-state index in [1.165, 1.54) is 0 Å². The molecule has 1 amide bonds. The van der Waals surface area contributed by atoms with E-state index in [0.717, 1.165) is 18.4 Å². The van der Waals surface area contributed by atoms with E-state index in [2.05, 4.69) is 24.5 Å². The number of benzene rings is 2. The zero-order valence-corrected chi connectivity index (χ0v) is 21.4. The van der Waals surface area contributed by atoms with Crippen LogP contribution in [0.15, 0.2) is 54.6 Å². The SMILES string of the molecule is COCCCCOc1ccccc1C(=O)NC[C@@H](C[C@H](N)[C@@H](O)CNCc1ccccc1)C(C)C. The van der Waals surface area contributed by atoms with Gasteiger partial charge in [-0.25, -0.2) is 0 Å². The fourth-order valence-corrected chi connectivity index (χ4v) is 3.84. The van der Waals surface area contributed by atoms with Crippen molar-refractivity contribution in [3.8, 4) is 5.75 Å². The Bertz CT molecular complexity index is 847. The van der Waals surface area contributed by atoms with Crippen LogP contribution in [0, 0.1) is 11.8 Å². The molecule has 7 heteroatoms. The largest absolute Gasteiger partial charge is 0.493 e. The van der Waals surface area contributed by atoms with Gasteiger partial charge in [0.25, 0.3) is 5.91 Å². The number of nitrogens with two attached hydrogens (primary N) is 1. The molecule has 7 nitrogen and oxygen atoms in total. The third kappa shape index (κ3) is 10.8. The molecule has 2 rings (SSSR count). The van der Waals surface area contributed by atoms with E-state index < -0.39 is 6.10 Å². The van der Waals surface area contributed by atoms with Gasteiger partial charge in [-0.05, 0) is 48.8 Å². The number of carbonyl (C=O) groups is 1. The molecule has 0 saturated carbocycles. The molecule has 35 heavy (non-hydrogen) atoms. The summed E-state index contributed by atoms with van der Waals surface area (Å²) in [7, 11) is 1.68. The van der Waals surface area contributed by atoms with Crippen molar-refractivity contribution in [3.05, 3.63) is 65.7 Å². The van der Waals surface area contributed by atoms with Crippen molar-refractivity contribution >= 4 is 5.91 Å². The van der Waals surface area contributed by atoms with Crippen molar-refractivity contribution in [2.24, 2.45) is 17.6 Å². The van der Waals surface area contributed by atoms with Gasteiger partial charge in [0, 0.05) is 39.4 Å². The molecule has 0 aliphatic heterocycles. The van der Waals surface area contributed by atoms with Gasteiger partial charge in [0.1, 0.15) is 5.75 Å².